The monoisotopic (exact) mass is 234 g/mol. The number of hydrogen-bond donors (Lipinski definition) is 1. The van der Waals surface area contributed by atoms with Crippen LogP contribution < -0.4 is 5.32 Å². The highest BCUT2D eigenvalue weighted by Gasteiger charge is 2.24. The molecule has 0 aliphatic heterocycles. The van der Waals surface area contributed by atoms with Gasteiger partial charge in [0.15, 0.2) is 0 Å². The Balaban J connectivity index is 2.05. The lowest BCUT2D eigenvalue weighted by molar-refractivity contribution is 0.316. The highest BCUT2D eigenvalue weighted by molar-refractivity contribution is 5.26. The average Bonchev–Trinajstić information content (AvgIpc) is 2.34. The molecule has 94 valence electrons. The minimum atomic E-state index is 0.526. The second kappa shape index (κ2) is 5.43. The van der Waals surface area contributed by atoms with Crippen molar-refractivity contribution >= 4 is 5.95 Å². The zero-order valence-corrected chi connectivity index (χ0v) is 11.0. The molecule has 1 aromatic rings. The van der Waals surface area contributed by atoms with Crippen molar-refractivity contribution < 1.29 is 0 Å². The zero-order valence-electron chi connectivity index (χ0n) is 11.0. The SMILES string of the molecule is CCC1CCCCC1Nc1nnc(C)c(C)n1. The molecule has 1 aliphatic rings. The van der Waals surface area contributed by atoms with Crippen molar-refractivity contribution in [2.24, 2.45) is 5.92 Å². The van der Waals surface area contributed by atoms with Gasteiger partial charge in [-0.2, -0.15) is 5.10 Å². The fraction of sp³-hybridized carbons (Fsp3) is 0.769. The lowest BCUT2D eigenvalue weighted by Crippen LogP contribution is -2.32. The van der Waals surface area contributed by atoms with Gasteiger partial charge in [0.05, 0.1) is 11.4 Å². The quantitative estimate of drug-likeness (QED) is 0.873. The van der Waals surface area contributed by atoms with Crippen LogP contribution in [0, 0.1) is 19.8 Å². The zero-order chi connectivity index (χ0) is 12.3. The fourth-order valence-electron chi connectivity index (χ4n) is 2.57. The molecule has 2 atom stereocenters. The van der Waals surface area contributed by atoms with Gasteiger partial charge >= 0.3 is 0 Å². The maximum Gasteiger partial charge on any atom is 0.243 e. The molecule has 1 heterocycles. The minimum absolute atomic E-state index is 0.526. The standard InChI is InChI=1S/C13H22N4/c1-4-11-7-5-6-8-12(11)15-13-14-9(2)10(3)16-17-13/h11-12H,4-8H2,1-3H3,(H,14,15,17). The second-order valence-corrected chi connectivity index (χ2v) is 5.01. The van der Waals surface area contributed by atoms with Crippen LogP contribution in [0.1, 0.15) is 50.4 Å². The largest absolute Gasteiger partial charge is 0.350 e. The Morgan fingerprint density at radius 2 is 1.88 bits per heavy atom. The molecule has 4 heteroatoms. The third-order valence-electron chi connectivity index (χ3n) is 3.84. The summed E-state index contributed by atoms with van der Waals surface area (Å²) in [6.07, 6.45) is 6.46. The Bertz CT molecular complexity index is 378. The summed E-state index contributed by atoms with van der Waals surface area (Å²) in [5.41, 5.74) is 1.87. The van der Waals surface area contributed by atoms with Gasteiger partial charge in [0.25, 0.3) is 0 Å². The minimum Gasteiger partial charge on any atom is -0.350 e. The average molecular weight is 234 g/mol. The molecule has 0 spiro atoms. The van der Waals surface area contributed by atoms with Gasteiger partial charge in [-0.25, -0.2) is 4.98 Å². The lowest BCUT2D eigenvalue weighted by Gasteiger charge is -2.31. The molecule has 0 bridgehead atoms. The molecule has 2 unspecified atom stereocenters. The lowest BCUT2D eigenvalue weighted by atomic mass is 9.83. The molecule has 4 nitrogen and oxygen atoms in total. The molecule has 1 saturated carbocycles. The van der Waals surface area contributed by atoms with Gasteiger partial charge < -0.3 is 5.32 Å². The van der Waals surface area contributed by atoms with Crippen LogP contribution in [0.15, 0.2) is 0 Å². The van der Waals surface area contributed by atoms with E-state index in [1.54, 1.807) is 0 Å². The third-order valence-corrected chi connectivity index (χ3v) is 3.84. The van der Waals surface area contributed by atoms with Gasteiger partial charge in [0.2, 0.25) is 5.95 Å². The summed E-state index contributed by atoms with van der Waals surface area (Å²) in [5, 5.41) is 11.7. The maximum atomic E-state index is 4.45. The summed E-state index contributed by atoms with van der Waals surface area (Å²) in [6.45, 7) is 6.19. The van der Waals surface area contributed by atoms with Crippen LogP contribution in [0.2, 0.25) is 0 Å². The summed E-state index contributed by atoms with van der Waals surface area (Å²) in [6, 6.07) is 0.526. The number of anilines is 1. The van der Waals surface area contributed by atoms with E-state index in [-0.39, 0.29) is 0 Å². The molecule has 1 N–H and O–H groups in total. The third kappa shape index (κ3) is 2.93. The van der Waals surface area contributed by atoms with Crippen LogP contribution in [-0.2, 0) is 0 Å². The molecule has 0 saturated heterocycles. The normalized spacial score (nSPS) is 24.6. The topological polar surface area (TPSA) is 50.7 Å². The summed E-state index contributed by atoms with van der Waals surface area (Å²) in [4.78, 5) is 4.45. The van der Waals surface area contributed by atoms with E-state index < -0.39 is 0 Å². The van der Waals surface area contributed by atoms with Crippen LogP contribution >= 0.6 is 0 Å². The number of aryl methyl sites for hydroxylation is 2. The first-order valence-corrected chi connectivity index (χ1v) is 6.65. The van der Waals surface area contributed by atoms with Gasteiger partial charge in [-0.1, -0.05) is 26.2 Å². The van der Waals surface area contributed by atoms with Crippen LogP contribution in [0.3, 0.4) is 0 Å². The van der Waals surface area contributed by atoms with Crippen molar-refractivity contribution in [1.29, 1.82) is 0 Å². The molecule has 1 aliphatic carbocycles. The fourth-order valence-corrected chi connectivity index (χ4v) is 2.57. The smallest absolute Gasteiger partial charge is 0.243 e. The number of nitrogens with zero attached hydrogens (tertiary/aromatic N) is 3. The molecule has 2 rings (SSSR count). The van der Waals surface area contributed by atoms with Gasteiger partial charge in [-0.15, -0.1) is 5.10 Å². The predicted molar refractivity (Wildman–Crippen MR) is 69.0 cm³/mol. The first kappa shape index (κ1) is 12.3. The van der Waals surface area contributed by atoms with Crippen LogP contribution in [0.4, 0.5) is 5.95 Å². The van der Waals surface area contributed by atoms with Gasteiger partial charge in [-0.3, -0.25) is 0 Å². The number of nitrogens with one attached hydrogen (secondary N) is 1. The summed E-state index contributed by atoms with van der Waals surface area (Å²) in [7, 11) is 0. The molecule has 0 radical (unpaired) electrons. The van der Waals surface area contributed by atoms with Gasteiger partial charge in [0.1, 0.15) is 0 Å². The maximum absolute atomic E-state index is 4.45. The van der Waals surface area contributed by atoms with Gasteiger partial charge in [-0.05, 0) is 32.6 Å². The molecule has 17 heavy (non-hydrogen) atoms. The summed E-state index contributed by atoms with van der Waals surface area (Å²) < 4.78 is 0. The molecular formula is C13H22N4. The van der Waals surface area contributed by atoms with Crippen LogP contribution in [0.25, 0.3) is 0 Å². The van der Waals surface area contributed by atoms with E-state index in [0.29, 0.717) is 12.0 Å². The molecule has 0 amide bonds. The highest BCUT2D eigenvalue weighted by atomic mass is 15.2. The van der Waals surface area contributed by atoms with E-state index in [2.05, 4.69) is 27.4 Å². The Labute approximate surface area is 103 Å². The van der Waals surface area contributed by atoms with Crippen molar-refractivity contribution in [3.05, 3.63) is 11.4 Å². The number of aromatic nitrogens is 3. The molecule has 0 aromatic carbocycles. The Kier molecular flexibility index (Phi) is 3.92. The van der Waals surface area contributed by atoms with Gasteiger partial charge in [0, 0.05) is 6.04 Å². The van der Waals surface area contributed by atoms with Crippen molar-refractivity contribution in [3.8, 4) is 0 Å². The summed E-state index contributed by atoms with van der Waals surface area (Å²) in [5.74, 6) is 1.45. The van der Waals surface area contributed by atoms with E-state index in [4.69, 9.17) is 0 Å². The highest BCUT2D eigenvalue weighted by Crippen LogP contribution is 2.28. The van der Waals surface area contributed by atoms with E-state index in [1.165, 1.54) is 32.1 Å². The Morgan fingerprint density at radius 1 is 1.12 bits per heavy atom. The van der Waals surface area contributed by atoms with Crippen molar-refractivity contribution in [3.63, 3.8) is 0 Å². The predicted octanol–water partition coefficient (Wildman–Crippen LogP) is 2.87. The van der Waals surface area contributed by atoms with Crippen LogP contribution in [0.5, 0.6) is 0 Å². The van der Waals surface area contributed by atoms with E-state index >= 15 is 0 Å². The van der Waals surface area contributed by atoms with E-state index in [1.807, 2.05) is 13.8 Å². The van der Waals surface area contributed by atoms with Crippen molar-refractivity contribution in [2.45, 2.75) is 58.9 Å². The molecule has 1 aromatic heterocycles. The first-order valence-electron chi connectivity index (χ1n) is 6.65. The van der Waals surface area contributed by atoms with E-state index in [9.17, 15) is 0 Å². The molecule has 1 fully saturated rings. The van der Waals surface area contributed by atoms with Crippen molar-refractivity contribution in [2.75, 3.05) is 5.32 Å². The van der Waals surface area contributed by atoms with Crippen LogP contribution in [-0.4, -0.2) is 21.2 Å². The first-order chi connectivity index (χ1) is 8.20. The molecular weight excluding hydrogens is 212 g/mol. The van der Waals surface area contributed by atoms with Crippen molar-refractivity contribution in [1.82, 2.24) is 15.2 Å². The number of rotatable bonds is 3. The Hall–Kier alpha value is -1.19. The second-order valence-electron chi connectivity index (χ2n) is 5.01. The number of hydrogen-bond acceptors (Lipinski definition) is 4. The Morgan fingerprint density at radius 3 is 2.59 bits per heavy atom. The van der Waals surface area contributed by atoms with E-state index in [0.717, 1.165) is 17.3 Å². The summed E-state index contributed by atoms with van der Waals surface area (Å²) >= 11 is 0.